The lowest BCUT2D eigenvalue weighted by Gasteiger charge is -2.24. The number of nitrogens with one attached hydrogen (secondary N) is 1. The monoisotopic (exact) mass is 239 g/mol. The van der Waals surface area contributed by atoms with Gasteiger partial charge in [-0.15, -0.1) is 0 Å². The van der Waals surface area contributed by atoms with Gasteiger partial charge in [0.05, 0.1) is 12.0 Å². The first-order chi connectivity index (χ1) is 7.62. The molecule has 16 heavy (non-hydrogen) atoms. The summed E-state index contributed by atoms with van der Waals surface area (Å²) in [6.07, 6.45) is 8.67. The van der Waals surface area contributed by atoms with Crippen molar-refractivity contribution >= 4 is 11.8 Å². The molecule has 2 heterocycles. The van der Waals surface area contributed by atoms with Crippen LogP contribution in [0.15, 0.2) is 12.5 Å². The van der Waals surface area contributed by atoms with Crippen molar-refractivity contribution in [3.05, 3.63) is 18.2 Å². The molecule has 1 atom stereocenters. The maximum Gasteiger partial charge on any atom is 0.0949 e. The Morgan fingerprint density at radius 1 is 1.62 bits per heavy atom. The standard InChI is InChI=1S/C12H21N3S/c1-12(2,16-3)8-15-9-13-7-11(15)10-5-4-6-14-10/h7,9-10,14H,4-6,8H2,1-3H3/t10-/m0/s1. The number of nitrogens with zero attached hydrogens (tertiary/aromatic N) is 2. The summed E-state index contributed by atoms with van der Waals surface area (Å²) in [5.74, 6) is 0. The van der Waals surface area contributed by atoms with E-state index in [2.05, 4.69) is 35.0 Å². The molecule has 1 aromatic rings. The summed E-state index contributed by atoms with van der Waals surface area (Å²) in [5, 5.41) is 3.54. The molecule has 0 saturated carbocycles. The fourth-order valence-corrected chi connectivity index (χ4v) is 2.43. The highest BCUT2D eigenvalue weighted by Gasteiger charge is 2.23. The zero-order valence-corrected chi connectivity index (χ0v) is 11.2. The number of rotatable bonds is 4. The number of hydrogen-bond donors (Lipinski definition) is 1. The van der Waals surface area contributed by atoms with Crippen LogP contribution in [0.25, 0.3) is 0 Å². The third-order valence-corrected chi connectivity index (χ3v) is 4.50. The predicted octanol–water partition coefficient (Wildman–Crippen LogP) is 2.45. The largest absolute Gasteiger partial charge is 0.332 e. The lowest BCUT2D eigenvalue weighted by atomic mass is 10.1. The van der Waals surface area contributed by atoms with Crippen LogP contribution in [-0.4, -0.2) is 27.1 Å². The molecular weight excluding hydrogens is 218 g/mol. The van der Waals surface area contributed by atoms with Gasteiger partial charge in [0.1, 0.15) is 0 Å². The first-order valence-electron chi connectivity index (χ1n) is 5.91. The van der Waals surface area contributed by atoms with Gasteiger partial charge in [0, 0.05) is 23.5 Å². The lowest BCUT2D eigenvalue weighted by Crippen LogP contribution is -2.25. The average molecular weight is 239 g/mol. The fraction of sp³-hybridized carbons (Fsp3) is 0.750. The van der Waals surface area contributed by atoms with Crippen LogP contribution >= 0.6 is 11.8 Å². The molecule has 1 saturated heterocycles. The average Bonchev–Trinajstić information content (AvgIpc) is 2.86. The van der Waals surface area contributed by atoms with Gasteiger partial charge >= 0.3 is 0 Å². The molecule has 0 amide bonds. The Labute approximate surface area is 102 Å². The van der Waals surface area contributed by atoms with Crippen molar-refractivity contribution in [2.24, 2.45) is 0 Å². The highest BCUT2D eigenvalue weighted by Crippen LogP contribution is 2.27. The first kappa shape index (κ1) is 12.0. The quantitative estimate of drug-likeness (QED) is 0.875. The molecule has 2 rings (SSSR count). The Kier molecular flexibility index (Phi) is 3.60. The van der Waals surface area contributed by atoms with E-state index in [-0.39, 0.29) is 4.75 Å². The molecule has 1 aliphatic heterocycles. The lowest BCUT2D eigenvalue weighted by molar-refractivity contribution is 0.513. The smallest absolute Gasteiger partial charge is 0.0949 e. The Balaban J connectivity index is 2.12. The van der Waals surface area contributed by atoms with E-state index in [1.807, 2.05) is 24.3 Å². The van der Waals surface area contributed by atoms with E-state index in [9.17, 15) is 0 Å². The first-order valence-corrected chi connectivity index (χ1v) is 7.13. The van der Waals surface area contributed by atoms with Crippen LogP contribution in [0, 0.1) is 0 Å². The van der Waals surface area contributed by atoms with E-state index >= 15 is 0 Å². The second-order valence-corrected chi connectivity index (χ2v) is 6.57. The highest BCUT2D eigenvalue weighted by atomic mass is 32.2. The summed E-state index contributed by atoms with van der Waals surface area (Å²) in [6, 6.07) is 0.514. The number of hydrogen-bond acceptors (Lipinski definition) is 3. The van der Waals surface area contributed by atoms with Crippen molar-refractivity contribution in [3.8, 4) is 0 Å². The second kappa shape index (κ2) is 4.80. The van der Waals surface area contributed by atoms with Gasteiger partial charge in [-0.3, -0.25) is 0 Å². The molecule has 1 aliphatic rings. The van der Waals surface area contributed by atoms with Gasteiger partial charge in [-0.1, -0.05) is 0 Å². The summed E-state index contributed by atoms with van der Waals surface area (Å²) in [6.45, 7) is 6.73. The summed E-state index contributed by atoms with van der Waals surface area (Å²) in [5.41, 5.74) is 1.35. The van der Waals surface area contributed by atoms with Gasteiger partial charge < -0.3 is 9.88 Å². The van der Waals surface area contributed by atoms with Crippen LogP contribution in [0.1, 0.15) is 38.4 Å². The van der Waals surface area contributed by atoms with Crippen molar-refractivity contribution in [1.29, 1.82) is 0 Å². The Morgan fingerprint density at radius 3 is 3.06 bits per heavy atom. The zero-order chi connectivity index (χ0) is 11.6. The van der Waals surface area contributed by atoms with E-state index in [0.29, 0.717) is 6.04 Å². The van der Waals surface area contributed by atoms with Crippen LogP contribution in [0.4, 0.5) is 0 Å². The van der Waals surface area contributed by atoms with Crippen LogP contribution in [0.3, 0.4) is 0 Å². The van der Waals surface area contributed by atoms with Gasteiger partial charge in [0.15, 0.2) is 0 Å². The molecule has 1 aromatic heterocycles. The van der Waals surface area contributed by atoms with E-state index in [0.717, 1.165) is 13.1 Å². The van der Waals surface area contributed by atoms with Crippen LogP contribution in [0.2, 0.25) is 0 Å². The van der Waals surface area contributed by atoms with Gasteiger partial charge in [-0.2, -0.15) is 11.8 Å². The third kappa shape index (κ3) is 2.61. The molecule has 0 radical (unpaired) electrons. The minimum Gasteiger partial charge on any atom is -0.332 e. The van der Waals surface area contributed by atoms with E-state index in [1.54, 1.807) is 0 Å². The van der Waals surface area contributed by atoms with Crippen molar-refractivity contribution in [1.82, 2.24) is 14.9 Å². The summed E-state index contributed by atoms with van der Waals surface area (Å²) in [7, 11) is 0. The summed E-state index contributed by atoms with van der Waals surface area (Å²) >= 11 is 1.91. The normalized spacial score (nSPS) is 21.6. The Morgan fingerprint density at radius 2 is 2.44 bits per heavy atom. The summed E-state index contributed by atoms with van der Waals surface area (Å²) < 4.78 is 2.58. The molecule has 1 fully saturated rings. The highest BCUT2D eigenvalue weighted by molar-refractivity contribution is 7.99. The maximum atomic E-state index is 4.30. The molecular formula is C12H21N3S. The van der Waals surface area contributed by atoms with Gasteiger partial charge in [0.2, 0.25) is 0 Å². The van der Waals surface area contributed by atoms with Crippen LogP contribution in [0.5, 0.6) is 0 Å². The summed E-state index contributed by atoms with van der Waals surface area (Å²) in [4.78, 5) is 4.30. The Bertz CT molecular complexity index is 340. The molecule has 1 N–H and O–H groups in total. The van der Waals surface area contributed by atoms with E-state index < -0.39 is 0 Å². The molecule has 90 valence electrons. The topological polar surface area (TPSA) is 29.9 Å². The van der Waals surface area contributed by atoms with Gasteiger partial charge in [-0.25, -0.2) is 4.98 Å². The number of thioether (sulfide) groups is 1. The minimum absolute atomic E-state index is 0.272. The van der Waals surface area contributed by atoms with Crippen molar-refractivity contribution in [3.63, 3.8) is 0 Å². The van der Waals surface area contributed by atoms with Crippen LogP contribution < -0.4 is 5.32 Å². The van der Waals surface area contributed by atoms with Crippen molar-refractivity contribution < 1.29 is 0 Å². The third-order valence-electron chi connectivity index (χ3n) is 3.27. The number of aromatic nitrogens is 2. The predicted molar refractivity (Wildman–Crippen MR) is 69.8 cm³/mol. The van der Waals surface area contributed by atoms with Gasteiger partial charge in [0.25, 0.3) is 0 Å². The Hall–Kier alpha value is -0.480. The van der Waals surface area contributed by atoms with Crippen molar-refractivity contribution in [2.45, 2.75) is 44.0 Å². The van der Waals surface area contributed by atoms with E-state index in [1.165, 1.54) is 18.5 Å². The van der Waals surface area contributed by atoms with Crippen LogP contribution in [-0.2, 0) is 6.54 Å². The molecule has 3 nitrogen and oxygen atoms in total. The molecule has 0 unspecified atom stereocenters. The maximum absolute atomic E-state index is 4.30. The zero-order valence-electron chi connectivity index (χ0n) is 10.4. The number of imidazole rings is 1. The SMILES string of the molecule is CSC(C)(C)Cn1cncc1[C@@H]1CCCN1. The van der Waals surface area contributed by atoms with E-state index in [4.69, 9.17) is 0 Å². The molecule has 0 spiro atoms. The minimum atomic E-state index is 0.272. The molecule has 0 aromatic carbocycles. The second-order valence-electron chi connectivity index (χ2n) is 5.06. The fourth-order valence-electron chi connectivity index (χ4n) is 2.17. The molecule has 0 aliphatic carbocycles. The van der Waals surface area contributed by atoms with Crippen molar-refractivity contribution in [2.75, 3.05) is 12.8 Å². The molecule has 4 heteroatoms. The van der Waals surface area contributed by atoms with Gasteiger partial charge in [-0.05, 0) is 39.5 Å². The molecule has 0 bridgehead atoms.